The zero-order valence-corrected chi connectivity index (χ0v) is 12.1. The third-order valence-corrected chi connectivity index (χ3v) is 3.66. The molecule has 0 heterocycles. The van der Waals surface area contributed by atoms with Crippen LogP contribution >= 0.6 is 0 Å². The Bertz CT molecular complexity index is 734. The van der Waals surface area contributed by atoms with Crippen LogP contribution in [-0.2, 0) is 0 Å². The third-order valence-electron chi connectivity index (χ3n) is 3.66. The quantitative estimate of drug-likeness (QED) is 0.774. The predicted octanol–water partition coefficient (Wildman–Crippen LogP) is 4.23. The third kappa shape index (κ3) is 3.23. The van der Waals surface area contributed by atoms with Crippen molar-refractivity contribution in [2.45, 2.75) is 13.0 Å². The van der Waals surface area contributed by atoms with E-state index in [0.29, 0.717) is 6.61 Å². The van der Waals surface area contributed by atoms with Gasteiger partial charge in [0.15, 0.2) is 0 Å². The Hall–Kier alpha value is -2.32. The molecule has 106 valence electrons. The molecule has 1 atom stereocenters. The van der Waals surface area contributed by atoms with Crippen LogP contribution in [0.15, 0.2) is 66.7 Å². The van der Waals surface area contributed by atoms with Gasteiger partial charge in [-0.05, 0) is 35.4 Å². The largest absolute Gasteiger partial charge is 0.492 e. The van der Waals surface area contributed by atoms with Gasteiger partial charge in [-0.2, -0.15) is 0 Å². The van der Waals surface area contributed by atoms with Crippen molar-refractivity contribution in [3.05, 3.63) is 77.9 Å². The number of benzene rings is 3. The minimum absolute atomic E-state index is 0.114. The molecule has 0 saturated heterocycles. The summed E-state index contributed by atoms with van der Waals surface area (Å²) in [7, 11) is 0. The van der Waals surface area contributed by atoms with Crippen LogP contribution in [0.25, 0.3) is 10.8 Å². The van der Waals surface area contributed by atoms with Gasteiger partial charge in [0.05, 0.1) is 6.04 Å². The molecule has 0 radical (unpaired) electrons. The summed E-state index contributed by atoms with van der Waals surface area (Å²) in [4.78, 5) is 0. The van der Waals surface area contributed by atoms with E-state index >= 15 is 0 Å². The highest BCUT2D eigenvalue weighted by Gasteiger charge is 2.07. The first kappa shape index (κ1) is 13.7. The Morgan fingerprint density at radius 3 is 2.38 bits per heavy atom. The van der Waals surface area contributed by atoms with Crippen molar-refractivity contribution in [1.29, 1.82) is 0 Å². The first-order valence-electron chi connectivity index (χ1n) is 7.16. The lowest BCUT2D eigenvalue weighted by Gasteiger charge is -2.14. The molecule has 3 rings (SSSR count). The van der Waals surface area contributed by atoms with Crippen molar-refractivity contribution in [2.75, 3.05) is 6.61 Å². The van der Waals surface area contributed by atoms with Gasteiger partial charge >= 0.3 is 0 Å². The molecule has 0 amide bonds. The summed E-state index contributed by atoms with van der Waals surface area (Å²) in [5, 5.41) is 2.39. The monoisotopic (exact) mass is 277 g/mol. The van der Waals surface area contributed by atoms with Crippen molar-refractivity contribution in [2.24, 2.45) is 5.73 Å². The molecule has 2 heteroatoms. The van der Waals surface area contributed by atoms with Gasteiger partial charge < -0.3 is 10.5 Å². The van der Waals surface area contributed by atoms with E-state index in [1.807, 2.05) is 18.2 Å². The SMILES string of the molecule is Cc1ccc(C(N)COc2ccc3ccccc3c2)cc1. The molecule has 0 aromatic heterocycles. The lowest BCUT2D eigenvalue weighted by Crippen LogP contribution is -2.18. The van der Waals surface area contributed by atoms with E-state index in [2.05, 4.69) is 55.5 Å². The van der Waals surface area contributed by atoms with Crippen LogP contribution in [0.4, 0.5) is 0 Å². The highest BCUT2D eigenvalue weighted by molar-refractivity contribution is 5.83. The van der Waals surface area contributed by atoms with Crippen LogP contribution in [0.2, 0.25) is 0 Å². The average molecular weight is 277 g/mol. The molecular weight excluding hydrogens is 258 g/mol. The Morgan fingerprint density at radius 1 is 0.905 bits per heavy atom. The van der Waals surface area contributed by atoms with Crippen LogP contribution in [0.5, 0.6) is 5.75 Å². The maximum Gasteiger partial charge on any atom is 0.120 e. The Morgan fingerprint density at radius 2 is 1.62 bits per heavy atom. The second-order valence-corrected chi connectivity index (χ2v) is 5.34. The first-order chi connectivity index (χ1) is 10.2. The summed E-state index contributed by atoms with van der Waals surface area (Å²) in [6, 6.07) is 22.5. The molecule has 2 nitrogen and oxygen atoms in total. The van der Waals surface area contributed by atoms with Crippen LogP contribution in [-0.4, -0.2) is 6.61 Å². The van der Waals surface area contributed by atoms with E-state index in [4.69, 9.17) is 10.5 Å². The van der Waals surface area contributed by atoms with Crippen molar-refractivity contribution in [3.63, 3.8) is 0 Å². The summed E-state index contributed by atoms with van der Waals surface area (Å²) in [5.74, 6) is 0.858. The van der Waals surface area contributed by atoms with Crippen LogP contribution < -0.4 is 10.5 Å². The van der Waals surface area contributed by atoms with Gasteiger partial charge in [-0.25, -0.2) is 0 Å². The number of fused-ring (bicyclic) bond motifs is 1. The highest BCUT2D eigenvalue weighted by Crippen LogP contribution is 2.21. The van der Waals surface area contributed by atoms with Crippen molar-refractivity contribution < 1.29 is 4.74 Å². The zero-order valence-electron chi connectivity index (χ0n) is 12.1. The molecule has 0 aliphatic rings. The van der Waals surface area contributed by atoms with E-state index in [-0.39, 0.29) is 6.04 Å². The molecule has 3 aromatic rings. The lowest BCUT2D eigenvalue weighted by atomic mass is 10.1. The minimum atomic E-state index is -0.114. The number of hydrogen-bond donors (Lipinski definition) is 1. The summed E-state index contributed by atoms with van der Waals surface area (Å²) >= 11 is 0. The van der Waals surface area contributed by atoms with E-state index in [9.17, 15) is 0 Å². The fraction of sp³-hybridized carbons (Fsp3) is 0.158. The Labute approximate surface area is 125 Å². The first-order valence-corrected chi connectivity index (χ1v) is 7.16. The summed E-state index contributed by atoms with van der Waals surface area (Å²) in [6.45, 7) is 2.54. The van der Waals surface area contributed by atoms with E-state index in [1.54, 1.807) is 0 Å². The molecule has 0 spiro atoms. The fourth-order valence-electron chi connectivity index (χ4n) is 2.35. The van der Waals surface area contributed by atoms with Gasteiger partial charge in [0.2, 0.25) is 0 Å². The van der Waals surface area contributed by atoms with Crippen molar-refractivity contribution in [1.82, 2.24) is 0 Å². The highest BCUT2D eigenvalue weighted by atomic mass is 16.5. The molecule has 21 heavy (non-hydrogen) atoms. The number of nitrogens with two attached hydrogens (primary N) is 1. The second-order valence-electron chi connectivity index (χ2n) is 5.34. The van der Waals surface area contributed by atoms with Gasteiger partial charge in [-0.3, -0.25) is 0 Å². The van der Waals surface area contributed by atoms with E-state index in [0.717, 1.165) is 11.3 Å². The van der Waals surface area contributed by atoms with Gasteiger partial charge in [0, 0.05) is 0 Å². The standard InChI is InChI=1S/C19H19NO/c1-14-6-8-16(9-7-14)19(20)13-21-18-11-10-15-4-2-3-5-17(15)12-18/h2-12,19H,13,20H2,1H3. The molecule has 1 unspecified atom stereocenters. The Balaban J connectivity index is 1.69. The van der Waals surface area contributed by atoms with Crippen molar-refractivity contribution >= 4 is 10.8 Å². The molecule has 0 bridgehead atoms. The summed E-state index contributed by atoms with van der Waals surface area (Å²) in [5.41, 5.74) is 8.52. The molecule has 0 fully saturated rings. The number of aryl methyl sites for hydroxylation is 1. The molecule has 3 aromatic carbocycles. The maximum absolute atomic E-state index is 6.18. The topological polar surface area (TPSA) is 35.2 Å². The number of hydrogen-bond acceptors (Lipinski definition) is 2. The van der Waals surface area contributed by atoms with Gasteiger partial charge in [0.1, 0.15) is 12.4 Å². The average Bonchev–Trinajstić information content (AvgIpc) is 2.53. The van der Waals surface area contributed by atoms with Crippen molar-refractivity contribution in [3.8, 4) is 5.75 Å². The molecule has 0 aliphatic heterocycles. The number of rotatable bonds is 4. The fourth-order valence-corrected chi connectivity index (χ4v) is 2.35. The summed E-state index contributed by atoms with van der Waals surface area (Å²) < 4.78 is 5.84. The van der Waals surface area contributed by atoms with Gasteiger partial charge in [0.25, 0.3) is 0 Å². The zero-order chi connectivity index (χ0) is 14.7. The van der Waals surface area contributed by atoms with Gasteiger partial charge in [-0.15, -0.1) is 0 Å². The molecule has 0 aliphatic carbocycles. The van der Waals surface area contributed by atoms with Crippen LogP contribution in [0.1, 0.15) is 17.2 Å². The Kier molecular flexibility index (Phi) is 3.89. The summed E-state index contributed by atoms with van der Waals surface area (Å²) in [6.07, 6.45) is 0. The molecule has 0 saturated carbocycles. The maximum atomic E-state index is 6.18. The van der Waals surface area contributed by atoms with E-state index in [1.165, 1.54) is 16.3 Å². The predicted molar refractivity (Wildman–Crippen MR) is 87.6 cm³/mol. The van der Waals surface area contributed by atoms with Gasteiger partial charge in [-0.1, -0.05) is 60.2 Å². The lowest BCUT2D eigenvalue weighted by molar-refractivity contribution is 0.291. The van der Waals surface area contributed by atoms with Crippen LogP contribution in [0.3, 0.4) is 0 Å². The minimum Gasteiger partial charge on any atom is -0.492 e. The molecule has 2 N–H and O–H groups in total. The normalized spacial score (nSPS) is 12.3. The van der Waals surface area contributed by atoms with Crippen LogP contribution in [0, 0.1) is 6.92 Å². The van der Waals surface area contributed by atoms with E-state index < -0.39 is 0 Å². The molecular formula is C19H19NO. The number of ether oxygens (including phenoxy) is 1. The smallest absolute Gasteiger partial charge is 0.120 e. The second kappa shape index (κ2) is 5.98.